The van der Waals surface area contributed by atoms with E-state index in [4.69, 9.17) is 0 Å². The molecule has 36 heavy (non-hydrogen) atoms. The Hall–Kier alpha value is -3.67. The average Bonchev–Trinajstić information content (AvgIpc) is 3.59. The highest BCUT2D eigenvalue weighted by molar-refractivity contribution is 6.45. The highest BCUT2D eigenvalue weighted by Gasteiger charge is 2.46. The number of aromatic nitrogens is 5. The highest BCUT2D eigenvalue weighted by atomic mass is 19.1. The van der Waals surface area contributed by atoms with Gasteiger partial charge in [0.15, 0.2) is 11.6 Å². The van der Waals surface area contributed by atoms with Gasteiger partial charge in [0.1, 0.15) is 0 Å². The lowest BCUT2D eigenvalue weighted by atomic mass is 9.63. The summed E-state index contributed by atoms with van der Waals surface area (Å²) in [7, 11) is 0. The first-order chi connectivity index (χ1) is 17.4. The smallest absolute Gasteiger partial charge is 0.295 e. The van der Waals surface area contributed by atoms with Gasteiger partial charge in [-0.3, -0.25) is 14.4 Å². The molecule has 3 aromatic rings. The van der Waals surface area contributed by atoms with Crippen LogP contribution in [-0.4, -0.2) is 89.7 Å². The molecule has 188 valence electrons. The van der Waals surface area contributed by atoms with E-state index in [9.17, 15) is 23.9 Å². The van der Waals surface area contributed by atoms with Gasteiger partial charge in [-0.2, -0.15) is 0 Å². The van der Waals surface area contributed by atoms with Crippen molar-refractivity contribution in [2.45, 2.75) is 31.8 Å². The van der Waals surface area contributed by atoms with Gasteiger partial charge < -0.3 is 19.9 Å². The van der Waals surface area contributed by atoms with Gasteiger partial charge >= 0.3 is 0 Å². The first kappa shape index (κ1) is 22.8. The summed E-state index contributed by atoms with van der Waals surface area (Å²) in [5.41, 5.74) is 0.151. The summed E-state index contributed by atoms with van der Waals surface area (Å²) >= 11 is 0. The summed E-state index contributed by atoms with van der Waals surface area (Å²) in [6.45, 7) is 1.08. The summed E-state index contributed by atoms with van der Waals surface area (Å²) in [4.78, 5) is 49.4. The topological polar surface area (TPSA) is 137 Å². The summed E-state index contributed by atoms with van der Waals surface area (Å²) in [5, 5.41) is 17.9. The molecule has 12 heteroatoms. The third-order valence-corrected chi connectivity index (χ3v) is 8.00. The number of rotatable bonds is 4. The van der Waals surface area contributed by atoms with Gasteiger partial charge in [0.25, 0.3) is 11.7 Å². The third-order valence-electron chi connectivity index (χ3n) is 8.00. The van der Waals surface area contributed by atoms with Crippen LogP contribution in [0.3, 0.4) is 0 Å². The number of nitrogens with one attached hydrogen (secondary N) is 1. The number of aliphatic hydroxyl groups is 1. The van der Waals surface area contributed by atoms with Gasteiger partial charge in [0, 0.05) is 38.3 Å². The maximum absolute atomic E-state index is 14.7. The Bertz CT molecular complexity index is 1330. The molecule has 7 rings (SSSR count). The van der Waals surface area contributed by atoms with Crippen LogP contribution in [0.2, 0.25) is 0 Å². The number of Topliss-reactive ketones (excluding diaryl/α,β-unsaturated/α-hetero) is 1. The van der Waals surface area contributed by atoms with Crippen molar-refractivity contribution in [3.05, 3.63) is 36.2 Å². The van der Waals surface area contributed by atoms with Crippen LogP contribution < -0.4 is 0 Å². The second kappa shape index (κ2) is 8.77. The van der Waals surface area contributed by atoms with E-state index in [1.807, 2.05) is 0 Å². The highest BCUT2D eigenvalue weighted by Crippen LogP contribution is 2.45. The lowest BCUT2D eigenvalue weighted by molar-refractivity contribution is -0.149. The Labute approximate surface area is 205 Å². The van der Waals surface area contributed by atoms with Crippen LogP contribution in [0.4, 0.5) is 4.39 Å². The minimum absolute atomic E-state index is 0.0115. The van der Waals surface area contributed by atoms with Crippen LogP contribution >= 0.6 is 0 Å². The molecule has 4 atom stereocenters. The second-order valence-corrected chi connectivity index (χ2v) is 9.93. The van der Waals surface area contributed by atoms with Crippen molar-refractivity contribution in [3.63, 3.8) is 0 Å². The first-order valence-corrected chi connectivity index (χ1v) is 12.2. The number of piperazine rings is 1. The third kappa shape index (κ3) is 3.67. The minimum atomic E-state index is -0.830. The van der Waals surface area contributed by atoms with Crippen LogP contribution in [0.1, 0.15) is 36.0 Å². The zero-order valence-electron chi connectivity index (χ0n) is 19.5. The lowest BCUT2D eigenvalue weighted by Gasteiger charge is -2.47. The quantitative estimate of drug-likeness (QED) is 0.406. The number of halogens is 1. The van der Waals surface area contributed by atoms with E-state index >= 15 is 0 Å². The molecule has 2 N–H and O–H groups in total. The number of pyridine rings is 1. The molecule has 1 saturated heterocycles. The van der Waals surface area contributed by atoms with Crippen molar-refractivity contribution in [2.24, 2.45) is 17.8 Å². The molecule has 3 saturated carbocycles. The molecule has 3 aliphatic carbocycles. The van der Waals surface area contributed by atoms with Gasteiger partial charge in [-0.05, 0) is 37.5 Å². The Kier molecular flexibility index (Phi) is 5.55. The molecule has 4 aliphatic rings. The largest absolute Gasteiger partial charge is 0.393 e. The minimum Gasteiger partial charge on any atom is -0.393 e. The number of nitrogens with zero attached hydrogens (tertiary/aromatic N) is 6. The van der Waals surface area contributed by atoms with Crippen molar-refractivity contribution in [1.29, 1.82) is 0 Å². The zero-order chi connectivity index (χ0) is 25.0. The van der Waals surface area contributed by atoms with Crippen molar-refractivity contribution in [3.8, 4) is 5.82 Å². The van der Waals surface area contributed by atoms with E-state index in [1.54, 1.807) is 4.90 Å². The summed E-state index contributed by atoms with van der Waals surface area (Å²) in [5.74, 6) is -1.77. The van der Waals surface area contributed by atoms with Gasteiger partial charge in [-0.15, -0.1) is 5.10 Å². The summed E-state index contributed by atoms with van der Waals surface area (Å²) in [6.07, 6.45) is 8.40. The fourth-order valence-electron chi connectivity index (χ4n) is 6.15. The molecule has 1 aliphatic heterocycles. The molecule has 2 bridgehead atoms. The number of carbonyl (C=O) groups is 3. The monoisotopic (exact) mass is 495 g/mol. The van der Waals surface area contributed by atoms with E-state index in [2.05, 4.69) is 20.3 Å². The molecular formula is C24H26FN7O4. The molecule has 0 spiro atoms. The van der Waals surface area contributed by atoms with Crippen molar-refractivity contribution < 1.29 is 23.9 Å². The predicted octanol–water partition coefficient (Wildman–Crippen LogP) is 0.933. The van der Waals surface area contributed by atoms with Gasteiger partial charge in [0.05, 0.1) is 41.2 Å². The number of H-pyrrole nitrogens is 1. The molecule has 2 amide bonds. The predicted molar refractivity (Wildman–Crippen MR) is 123 cm³/mol. The van der Waals surface area contributed by atoms with Crippen molar-refractivity contribution >= 4 is 28.5 Å². The standard InChI is InChI=1S/C24H26FN7O4/c25-17-12-27-22(32-4-3-28-29-32)20-19(17)16(11-26-20)21(34)24(36)31-7-5-30(6-8-31)23(35)15-9-13-1-2-14(15)18(33)10-13/h3-4,11-15,18,26,33H,1-2,5-10H2. The van der Waals surface area contributed by atoms with E-state index in [0.717, 1.165) is 31.9 Å². The van der Waals surface area contributed by atoms with Gasteiger partial charge in [-0.25, -0.2) is 14.1 Å². The molecule has 0 radical (unpaired) electrons. The number of hydrogen-bond donors (Lipinski definition) is 2. The summed E-state index contributed by atoms with van der Waals surface area (Å²) < 4.78 is 16.0. The Morgan fingerprint density at radius 2 is 1.86 bits per heavy atom. The number of carbonyl (C=O) groups excluding carboxylic acids is 3. The van der Waals surface area contributed by atoms with Crippen molar-refractivity contribution in [2.75, 3.05) is 26.2 Å². The SMILES string of the molecule is O=C(C(=O)N1CCN(C(=O)C2CC3CCC2C(O)C3)CC1)c1c[nH]c2c(-n3ccnn3)ncc(F)c12. The maximum Gasteiger partial charge on any atom is 0.295 e. The molecule has 4 fully saturated rings. The van der Waals surface area contributed by atoms with E-state index in [0.29, 0.717) is 19.0 Å². The molecule has 4 heterocycles. The average molecular weight is 496 g/mol. The lowest BCUT2D eigenvalue weighted by Crippen LogP contribution is -2.56. The molecule has 3 aromatic heterocycles. The molecule has 0 aromatic carbocycles. The number of hydrogen-bond acceptors (Lipinski definition) is 7. The Morgan fingerprint density at radius 1 is 1.08 bits per heavy atom. The Balaban J connectivity index is 1.15. The zero-order valence-corrected chi connectivity index (χ0v) is 19.5. The van der Waals surface area contributed by atoms with Crippen LogP contribution in [0.5, 0.6) is 0 Å². The van der Waals surface area contributed by atoms with Crippen LogP contribution in [0.25, 0.3) is 16.7 Å². The fourth-order valence-corrected chi connectivity index (χ4v) is 6.15. The number of amides is 2. The van der Waals surface area contributed by atoms with Crippen LogP contribution in [-0.2, 0) is 9.59 Å². The second-order valence-electron chi connectivity index (χ2n) is 9.93. The van der Waals surface area contributed by atoms with E-state index in [1.165, 1.54) is 28.2 Å². The van der Waals surface area contributed by atoms with Crippen LogP contribution in [0, 0.1) is 23.6 Å². The fraction of sp³-hybridized carbons (Fsp3) is 0.500. The number of aliphatic hydroxyl groups excluding tert-OH is 1. The number of ketones is 1. The van der Waals surface area contributed by atoms with E-state index < -0.39 is 23.6 Å². The van der Waals surface area contributed by atoms with E-state index in [-0.39, 0.29) is 53.1 Å². The molecule has 4 unspecified atom stereocenters. The normalized spacial score (nSPS) is 25.9. The molecular weight excluding hydrogens is 469 g/mol. The summed E-state index contributed by atoms with van der Waals surface area (Å²) in [6, 6.07) is 0. The van der Waals surface area contributed by atoms with Gasteiger partial charge in [0.2, 0.25) is 5.91 Å². The van der Waals surface area contributed by atoms with Crippen LogP contribution in [0.15, 0.2) is 24.8 Å². The molecule has 11 nitrogen and oxygen atoms in total. The first-order valence-electron chi connectivity index (χ1n) is 12.2. The maximum atomic E-state index is 14.7. The Morgan fingerprint density at radius 3 is 2.56 bits per heavy atom. The number of fused-ring (bicyclic) bond motifs is 4. The number of aromatic amines is 1. The van der Waals surface area contributed by atoms with Gasteiger partial charge in [-0.1, -0.05) is 5.21 Å². The van der Waals surface area contributed by atoms with Crippen molar-refractivity contribution in [1.82, 2.24) is 34.8 Å².